The summed E-state index contributed by atoms with van der Waals surface area (Å²) in [5.41, 5.74) is 1.87. The van der Waals surface area contributed by atoms with Gasteiger partial charge in [-0.3, -0.25) is 0 Å². The number of aromatic nitrogens is 1. The van der Waals surface area contributed by atoms with E-state index in [-0.39, 0.29) is 0 Å². The Balaban J connectivity index is 2.10. The second-order valence-electron chi connectivity index (χ2n) is 3.78. The van der Waals surface area contributed by atoms with Gasteiger partial charge in [0, 0.05) is 5.56 Å². The van der Waals surface area contributed by atoms with Gasteiger partial charge in [-0.1, -0.05) is 48.0 Å². The zero-order chi connectivity index (χ0) is 12.8. The number of ether oxygens (including phenoxy) is 1. The van der Waals surface area contributed by atoms with Gasteiger partial charge in [-0.25, -0.2) is 4.98 Å². The predicted octanol–water partition coefficient (Wildman–Crippen LogP) is 4.35. The average molecular weight is 260 g/mol. The van der Waals surface area contributed by atoms with E-state index in [0.717, 1.165) is 17.0 Å². The summed E-state index contributed by atoms with van der Waals surface area (Å²) in [6.07, 6.45) is 4.00. The Bertz CT molecular complexity index is 552. The summed E-state index contributed by atoms with van der Waals surface area (Å²) in [5, 5.41) is 0.484. The fraction of sp³-hybridized carbons (Fsp3) is 0.133. The Hall–Kier alpha value is -1.80. The second kappa shape index (κ2) is 6.22. The fourth-order valence-corrected chi connectivity index (χ4v) is 1.79. The molecule has 0 aliphatic carbocycles. The molecule has 0 aliphatic rings. The monoisotopic (exact) mass is 259 g/mol. The molecular formula is C15H14ClNO. The average Bonchev–Trinajstić information content (AvgIpc) is 2.38. The molecule has 2 rings (SSSR count). The number of nitrogens with zero attached hydrogens (tertiary/aromatic N) is 1. The summed E-state index contributed by atoms with van der Waals surface area (Å²) in [7, 11) is 0. The highest BCUT2D eigenvalue weighted by Crippen LogP contribution is 2.20. The number of allylic oxidation sites excluding steroid dienone is 1. The highest BCUT2D eigenvalue weighted by molar-refractivity contribution is 6.29. The molecular weight excluding hydrogens is 246 g/mol. The molecule has 0 spiro atoms. The van der Waals surface area contributed by atoms with Crippen LogP contribution in [0, 0.1) is 0 Å². The molecule has 0 aliphatic heterocycles. The summed E-state index contributed by atoms with van der Waals surface area (Å²) in [5.74, 6) is 0.845. The van der Waals surface area contributed by atoms with Crippen molar-refractivity contribution >= 4 is 17.7 Å². The summed E-state index contributed by atoms with van der Waals surface area (Å²) < 4.78 is 5.76. The second-order valence-corrected chi connectivity index (χ2v) is 4.17. The first-order valence-electron chi connectivity index (χ1n) is 5.75. The highest BCUT2D eigenvalue weighted by atomic mass is 35.5. The Morgan fingerprint density at radius 1 is 1.17 bits per heavy atom. The van der Waals surface area contributed by atoms with E-state index in [1.54, 1.807) is 6.07 Å². The van der Waals surface area contributed by atoms with E-state index >= 15 is 0 Å². The van der Waals surface area contributed by atoms with Gasteiger partial charge < -0.3 is 4.74 Å². The number of pyridine rings is 1. The summed E-state index contributed by atoms with van der Waals surface area (Å²) >= 11 is 5.83. The number of para-hydroxylation sites is 1. The molecule has 1 aromatic carbocycles. The zero-order valence-corrected chi connectivity index (χ0v) is 10.9. The lowest BCUT2D eigenvalue weighted by Gasteiger charge is -2.08. The van der Waals surface area contributed by atoms with Gasteiger partial charge in [-0.2, -0.15) is 0 Å². The molecule has 18 heavy (non-hydrogen) atoms. The third kappa shape index (κ3) is 3.34. The number of halogens is 1. The van der Waals surface area contributed by atoms with Gasteiger partial charge in [0.15, 0.2) is 0 Å². The molecule has 0 N–H and O–H groups in total. The van der Waals surface area contributed by atoms with Crippen LogP contribution in [0.25, 0.3) is 6.08 Å². The molecule has 1 heterocycles. The minimum Gasteiger partial charge on any atom is -0.487 e. The van der Waals surface area contributed by atoms with Crippen molar-refractivity contribution in [2.45, 2.75) is 13.5 Å². The van der Waals surface area contributed by atoms with Crippen molar-refractivity contribution in [1.82, 2.24) is 4.98 Å². The van der Waals surface area contributed by atoms with Crippen LogP contribution in [-0.2, 0) is 6.61 Å². The Kier molecular flexibility index (Phi) is 4.37. The number of hydrogen-bond acceptors (Lipinski definition) is 2. The number of benzene rings is 1. The smallest absolute Gasteiger partial charge is 0.130 e. The van der Waals surface area contributed by atoms with E-state index in [0.29, 0.717) is 11.8 Å². The molecule has 0 saturated carbocycles. The maximum absolute atomic E-state index is 5.83. The maximum atomic E-state index is 5.83. The normalized spacial score (nSPS) is 10.8. The van der Waals surface area contributed by atoms with E-state index in [1.165, 1.54) is 0 Å². The van der Waals surface area contributed by atoms with Crippen LogP contribution in [0.5, 0.6) is 5.75 Å². The molecule has 0 unspecified atom stereocenters. The largest absolute Gasteiger partial charge is 0.487 e. The van der Waals surface area contributed by atoms with Crippen molar-refractivity contribution in [3.63, 3.8) is 0 Å². The van der Waals surface area contributed by atoms with Crippen molar-refractivity contribution < 1.29 is 4.74 Å². The lowest BCUT2D eigenvalue weighted by atomic mass is 10.2. The molecule has 0 saturated heterocycles. The maximum Gasteiger partial charge on any atom is 0.130 e. The van der Waals surface area contributed by atoms with Crippen molar-refractivity contribution in [2.75, 3.05) is 0 Å². The van der Waals surface area contributed by atoms with Crippen LogP contribution in [0.15, 0.2) is 48.5 Å². The lowest BCUT2D eigenvalue weighted by molar-refractivity contribution is 0.300. The summed E-state index contributed by atoms with van der Waals surface area (Å²) in [4.78, 5) is 4.19. The Labute approximate surface area is 112 Å². The number of hydrogen-bond donors (Lipinski definition) is 0. The molecule has 0 atom stereocenters. The molecule has 0 radical (unpaired) electrons. The molecule has 2 aromatic rings. The van der Waals surface area contributed by atoms with Crippen LogP contribution in [0.2, 0.25) is 5.15 Å². The van der Waals surface area contributed by atoms with Crippen molar-refractivity contribution in [1.29, 1.82) is 0 Å². The van der Waals surface area contributed by atoms with Crippen LogP contribution in [0.3, 0.4) is 0 Å². The summed E-state index contributed by atoms with van der Waals surface area (Å²) in [6.45, 7) is 2.39. The van der Waals surface area contributed by atoms with Crippen LogP contribution < -0.4 is 4.74 Å². The van der Waals surface area contributed by atoms with E-state index in [1.807, 2.05) is 55.5 Å². The van der Waals surface area contributed by atoms with Gasteiger partial charge in [-0.05, 0) is 25.1 Å². The van der Waals surface area contributed by atoms with Crippen LogP contribution in [0.4, 0.5) is 0 Å². The van der Waals surface area contributed by atoms with Gasteiger partial charge in [0.25, 0.3) is 0 Å². The molecule has 0 fully saturated rings. The molecule has 2 nitrogen and oxygen atoms in total. The SMILES string of the molecule is CC=Cc1ccccc1OCc1cccc(Cl)n1. The standard InChI is InChI=1S/C15H14ClNO/c1-2-6-12-7-3-4-9-14(12)18-11-13-8-5-10-15(16)17-13/h2-10H,11H2,1H3. The Morgan fingerprint density at radius 2 is 2.00 bits per heavy atom. The van der Waals surface area contributed by atoms with Crippen LogP contribution in [0.1, 0.15) is 18.2 Å². The molecule has 1 aromatic heterocycles. The first-order valence-corrected chi connectivity index (χ1v) is 6.13. The zero-order valence-electron chi connectivity index (χ0n) is 10.1. The van der Waals surface area contributed by atoms with Gasteiger partial charge in [0.1, 0.15) is 17.5 Å². The van der Waals surface area contributed by atoms with Gasteiger partial charge in [0.05, 0.1) is 5.69 Å². The first kappa shape index (κ1) is 12.7. The van der Waals surface area contributed by atoms with E-state index in [2.05, 4.69) is 4.98 Å². The van der Waals surface area contributed by atoms with Crippen molar-refractivity contribution in [3.8, 4) is 5.75 Å². The van der Waals surface area contributed by atoms with Gasteiger partial charge in [-0.15, -0.1) is 0 Å². The molecule has 92 valence electrons. The van der Waals surface area contributed by atoms with Crippen LogP contribution >= 0.6 is 11.6 Å². The molecule has 3 heteroatoms. The first-order chi connectivity index (χ1) is 8.79. The quantitative estimate of drug-likeness (QED) is 0.762. The van der Waals surface area contributed by atoms with Crippen molar-refractivity contribution in [3.05, 3.63) is 65.0 Å². The minimum atomic E-state index is 0.412. The highest BCUT2D eigenvalue weighted by Gasteiger charge is 2.01. The third-order valence-electron chi connectivity index (χ3n) is 2.41. The fourth-order valence-electron chi connectivity index (χ4n) is 1.61. The van der Waals surface area contributed by atoms with E-state index < -0.39 is 0 Å². The Morgan fingerprint density at radius 3 is 2.78 bits per heavy atom. The van der Waals surface area contributed by atoms with Crippen LogP contribution in [-0.4, -0.2) is 4.98 Å². The van der Waals surface area contributed by atoms with Crippen molar-refractivity contribution in [2.24, 2.45) is 0 Å². The topological polar surface area (TPSA) is 22.1 Å². The third-order valence-corrected chi connectivity index (χ3v) is 2.62. The minimum absolute atomic E-state index is 0.412. The predicted molar refractivity (Wildman–Crippen MR) is 74.7 cm³/mol. The molecule has 0 bridgehead atoms. The van der Waals surface area contributed by atoms with E-state index in [9.17, 15) is 0 Å². The lowest BCUT2D eigenvalue weighted by Crippen LogP contribution is -1.99. The van der Waals surface area contributed by atoms with E-state index in [4.69, 9.17) is 16.3 Å². The van der Waals surface area contributed by atoms with Gasteiger partial charge in [0.2, 0.25) is 0 Å². The summed E-state index contributed by atoms with van der Waals surface area (Å²) in [6, 6.07) is 13.4. The molecule has 0 amide bonds. The number of rotatable bonds is 4. The van der Waals surface area contributed by atoms with Gasteiger partial charge >= 0.3 is 0 Å².